The van der Waals surface area contributed by atoms with E-state index in [9.17, 15) is 9.90 Å². The lowest BCUT2D eigenvalue weighted by molar-refractivity contribution is 0.0216. The van der Waals surface area contributed by atoms with Gasteiger partial charge in [-0.25, -0.2) is 4.79 Å². The van der Waals surface area contributed by atoms with Gasteiger partial charge in [0.05, 0.1) is 0 Å². The largest absolute Gasteiger partial charge is 0.475 e. The molecule has 0 radical (unpaired) electrons. The smallest absolute Gasteiger partial charge is 0.371 e. The topological polar surface area (TPSA) is 70.7 Å². The Bertz CT molecular complexity index is 387. The molecule has 1 aromatic heterocycles. The Hall–Kier alpha value is -1.29. The fourth-order valence-corrected chi connectivity index (χ4v) is 2.41. The molecule has 1 heterocycles. The van der Waals surface area contributed by atoms with Crippen LogP contribution in [0.15, 0.2) is 16.5 Å². The molecule has 1 aromatic rings. The SMILES string of the molecule is CC1(C(O)c2ccc(C(=O)O)o2)CCCC1. The molecule has 1 fully saturated rings. The first-order valence-corrected chi connectivity index (χ1v) is 5.54. The molecule has 1 aliphatic rings. The third kappa shape index (κ3) is 1.85. The number of hydrogen-bond acceptors (Lipinski definition) is 3. The number of aliphatic hydroxyl groups excluding tert-OH is 1. The summed E-state index contributed by atoms with van der Waals surface area (Å²) in [5, 5.41) is 18.9. The zero-order valence-electron chi connectivity index (χ0n) is 9.27. The second kappa shape index (κ2) is 3.94. The van der Waals surface area contributed by atoms with E-state index in [1.54, 1.807) is 6.07 Å². The molecule has 4 nitrogen and oxygen atoms in total. The first kappa shape index (κ1) is 11.2. The van der Waals surface area contributed by atoms with Crippen LogP contribution in [-0.4, -0.2) is 16.2 Å². The lowest BCUT2D eigenvalue weighted by atomic mass is 9.81. The highest BCUT2D eigenvalue weighted by Crippen LogP contribution is 2.47. The molecule has 0 aliphatic heterocycles. The summed E-state index contributed by atoms with van der Waals surface area (Å²) in [4.78, 5) is 10.7. The Morgan fingerprint density at radius 1 is 1.44 bits per heavy atom. The van der Waals surface area contributed by atoms with Crippen LogP contribution in [0.4, 0.5) is 0 Å². The summed E-state index contributed by atoms with van der Waals surface area (Å²) in [5.74, 6) is -0.854. The van der Waals surface area contributed by atoms with Gasteiger partial charge in [-0.2, -0.15) is 0 Å². The van der Waals surface area contributed by atoms with Crippen molar-refractivity contribution in [1.82, 2.24) is 0 Å². The number of carboxylic acid groups (broad SMARTS) is 1. The van der Waals surface area contributed by atoms with E-state index < -0.39 is 12.1 Å². The first-order valence-electron chi connectivity index (χ1n) is 5.54. The summed E-state index contributed by atoms with van der Waals surface area (Å²) in [6, 6.07) is 2.94. The van der Waals surface area contributed by atoms with Crippen molar-refractivity contribution in [1.29, 1.82) is 0 Å². The van der Waals surface area contributed by atoms with Crippen LogP contribution < -0.4 is 0 Å². The molecule has 1 atom stereocenters. The fraction of sp³-hybridized carbons (Fsp3) is 0.583. The number of hydrogen-bond donors (Lipinski definition) is 2. The molecule has 1 saturated carbocycles. The highest BCUT2D eigenvalue weighted by atomic mass is 16.4. The van der Waals surface area contributed by atoms with E-state index in [0.717, 1.165) is 25.7 Å². The van der Waals surface area contributed by atoms with Crippen molar-refractivity contribution in [2.75, 3.05) is 0 Å². The van der Waals surface area contributed by atoms with Crippen molar-refractivity contribution in [3.63, 3.8) is 0 Å². The Kier molecular flexibility index (Phi) is 2.76. The molecule has 0 saturated heterocycles. The van der Waals surface area contributed by atoms with Crippen molar-refractivity contribution in [2.24, 2.45) is 5.41 Å². The quantitative estimate of drug-likeness (QED) is 0.827. The minimum atomic E-state index is -1.10. The molecule has 2 rings (SSSR count). The van der Waals surface area contributed by atoms with Gasteiger partial charge in [0.2, 0.25) is 5.76 Å². The Balaban J connectivity index is 2.19. The van der Waals surface area contributed by atoms with Crippen molar-refractivity contribution in [2.45, 2.75) is 38.7 Å². The van der Waals surface area contributed by atoms with Gasteiger partial charge in [0.25, 0.3) is 0 Å². The van der Waals surface area contributed by atoms with Crippen LogP contribution in [0, 0.1) is 5.41 Å². The van der Waals surface area contributed by atoms with Crippen LogP contribution in [-0.2, 0) is 0 Å². The molecule has 0 aromatic carbocycles. The molecule has 1 aliphatic carbocycles. The van der Waals surface area contributed by atoms with E-state index in [1.807, 2.05) is 6.92 Å². The highest BCUT2D eigenvalue weighted by molar-refractivity contribution is 5.84. The Morgan fingerprint density at radius 2 is 2.06 bits per heavy atom. The standard InChI is InChI=1S/C12H16O4/c1-12(6-2-3-7-12)10(13)8-4-5-9(16-8)11(14)15/h4-5,10,13H,2-3,6-7H2,1H3,(H,14,15). The summed E-state index contributed by atoms with van der Waals surface area (Å²) in [7, 11) is 0. The summed E-state index contributed by atoms with van der Waals surface area (Å²) < 4.78 is 5.13. The number of rotatable bonds is 3. The van der Waals surface area contributed by atoms with Crippen LogP contribution in [0.3, 0.4) is 0 Å². The maximum Gasteiger partial charge on any atom is 0.371 e. The fourth-order valence-electron chi connectivity index (χ4n) is 2.41. The number of carbonyl (C=O) groups is 1. The third-order valence-corrected chi connectivity index (χ3v) is 3.51. The van der Waals surface area contributed by atoms with E-state index in [-0.39, 0.29) is 11.2 Å². The molecular weight excluding hydrogens is 208 g/mol. The first-order chi connectivity index (χ1) is 7.53. The van der Waals surface area contributed by atoms with Gasteiger partial charge >= 0.3 is 5.97 Å². The van der Waals surface area contributed by atoms with E-state index in [4.69, 9.17) is 9.52 Å². The van der Waals surface area contributed by atoms with Gasteiger partial charge in [0, 0.05) is 5.41 Å². The zero-order valence-corrected chi connectivity index (χ0v) is 9.27. The highest BCUT2D eigenvalue weighted by Gasteiger charge is 2.38. The average molecular weight is 224 g/mol. The van der Waals surface area contributed by atoms with Crippen LogP contribution in [0.25, 0.3) is 0 Å². The van der Waals surface area contributed by atoms with E-state index in [0.29, 0.717) is 5.76 Å². The molecule has 0 spiro atoms. The number of carboxylic acids is 1. The van der Waals surface area contributed by atoms with Gasteiger partial charge in [-0.15, -0.1) is 0 Å². The van der Waals surface area contributed by atoms with Crippen LogP contribution >= 0.6 is 0 Å². The molecule has 0 bridgehead atoms. The normalized spacial score (nSPS) is 20.9. The zero-order chi connectivity index (χ0) is 11.8. The second-order valence-electron chi connectivity index (χ2n) is 4.77. The van der Waals surface area contributed by atoms with Crippen LogP contribution in [0.1, 0.15) is 55.0 Å². The van der Waals surface area contributed by atoms with Gasteiger partial charge in [0.15, 0.2) is 0 Å². The molecule has 2 N–H and O–H groups in total. The monoisotopic (exact) mass is 224 g/mol. The summed E-state index contributed by atoms with van der Waals surface area (Å²) in [5.41, 5.74) is -0.173. The molecule has 4 heteroatoms. The molecule has 88 valence electrons. The third-order valence-electron chi connectivity index (χ3n) is 3.51. The molecule has 16 heavy (non-hydrogen) atoms. The van der Waals surface area contributed by atoms with E-state index in [1.165, 1.54) is 6.07 Å². The summed E-state index contributed by atoms with van der Waals surface area (Å²) >= 11 is 0. The maximum absolute atomic E-state index is 10.7. The molecule has 0 amide bonds. The lowest BCUT2D eigenvalue weighted by Crippen LogP contribution is -2.21. The minimum absolute atomic E-state index is 0.115. The van der Waals surface area contributed by atoms with Gasteiger partial charge < -0.3 is 14.6 Å². The molecule has 1 unspecified atom stereocenters. The Morgan fingerprint density at radius 3 is 2.56 bits per heavy atom. The predicted molar refractivity (Wildman–Crippen MR) is 57.2 cm³/mol. The van der Waals surface area contributed by atoms with Crippen LogP contribution in [0.2, 0.25) is 0 Å². The van der Waals surface area contributed by atoms with Crippen LogP contribution in [0.5, 0.6) is 0 Å². The van der Waals surface area contributed by atoms with E-state index in [2.05, 4.69) is 0 Å². The minimum Gasteiger partial charge on any atom is -0.475 e. The number of aromatic carboxylic acids is 1. The van der Waals surface area contributed by atoms with Crippen molar-refractivity contribution >= 4 is 5.97 Å². The molecular formula is C12H16O4. The van der Waals surface area contributed by atoms with Gasteiger partial charge in [-0.3, -0.25) is 0 Å². The van der Waals surface area contributed by atoms with E-state index >= 15 is 0 Å². The number of furan rings is 1. The van der Waals surface area contributed by atoms with Gasteiger partial charge in [-0.1, -0.05) is 19.8 Å². The average Bonchev–Trinajstić information content (AvgIpc) is 2.85. The summed E-state index contributed by atoms with van der Waals surface area (Å²) in [6.07, 6.45) is 3.43. The Labute approximate surface area is 93.9 Å². The maximum atomic E-state index is 10.7. The van der Waals surface area contributed by atoms with Crippen molar-refractivity contribution in [3.8, 4) is 0 Å². The van der Waals surface area contributed by atoms with Gasteiger partial charge in [0.1, 0.15) is 11.9 Å². The predicted octanol–water partition coefficient (Wildman–Crippen LogP) is 2.59. The summed E-state index contributed by atoms with van der Waals surface area (Å²) in [6.45, 7) is 2.02. The van der Waals surface area contributed by atoms with Gasteiger partial charge in [-0.05, 0) is 25.0 Å². The number of aliphatic hydroxyl groups is 1. The van der Waals surface area contributed by atoms with Crippen molar-refractivity contribution in [3.05, 3.63) is 23.7 Å². The van der Waals surface area contributed by atoms with Crippen molar-refractivity contribution < 1.29 is 19.4 Å². The second-order valence-corrected chi connectivity index (χ2v) is 4.77. The lowest BCUT2D eigenvalue weighted by Gasteiger charge is -2.28.